The molecule has 0 aliphatic rings. The van der Waals surface area contributed by atoms with Crippen LogP contribution in [0.4, 0.5) is 4.79 Å². The summed E-state index contributed by atoms with van der Waals surface area (Å²) in [7, 11) is 0. The number of nitrogens with zero attached hydrogens (tertiary/aromatic N) is 2. The fourth-order valence-electron chi connectivity index (χ4n) is 3.05. The zero-order chi connectivity index (χ0) is 27.8. The fourth-order valence-corrected chi connectivity index (χ4v) is 3.05. The van der Waals surface area contributed by atoms with Gasteiger partial charge in [0.05, 0.1) is 6.10 Å². The number of urea groups is 1. The minimum Gasteiger partial charge on any atom is -0.461 e. The molecule has 0 aromatic rings. The number of esters is 1. The molecule has 0 aromatic carbocycles. The Labute approximate surface area is 210 Å². The number of amides is 5. The molecular weight excluding hydrogens is 474 g/mol. The summed E-state index contributed by atoms with van der Waals surface area (Å²) in [5.74, 6) is -3.43. The molecule has 202 valence electrons. The van der Waals surface area contributed by atoms with Gasteiger partial charge in [-0.3, -0.25) is 19.2 Å². The molecule has 0 bridgehead atoms. The lowest BCUT2D eigenvalue weighted by Gasteiger charge is -2.26. The van der Waals surface area contributed by atoms with Crippen LogP contribution in [0.2, 0.25) is 0 Å². The number of ketones is 1. The van der Waals surface area contributed by atoms with Gasteiger partial charge in [0.25, 0.3) is 0 Å². The predicted octanol–water partition coefficient (Wildman–Crippen LogP) is -0.833. The van der Waals surface area contributed by atoms with E-state index in [0.29, 0.717) is 6.21 Å². The van der Waals surface area contributed by atoms with Gasteiger partial charge in [0.2, 0.25) is 23.5 Å². The van der Waals surface area contributed by atoms with Crippen molar-refractivity contribution in [3.8, 4) is 0 Å². The first-order valence-electron chi connectivity index (χ1n) is 11.6. The van der Waals surface area contributed by atoms with Crippen LogP contribution in [-0.2, 0) is 28.7 Å². The zero-order valence-electron chi connectivity index (χ0n) is 21.3. The number of primary amides is 1. The van der Waals surface area contributed by atoms with Gasteiger partial charge in [-0.15, -0.1) is 0 Å². The third kappa shape index (κ3) is 13.8. The number of hydrogen-bond donors (Lipinski definition) is 5. The Morgan fingerprint density at radius 1 is 0.944 bits per heavy atom. The van der Waals surface area contributed by atoms with E-state index in [1.54, 1.807) is 27.7 Å². The third-order valence-corrected chi connectivity index (χ3v) is 4.74. The van der Waals surface area contributed by atoms with Gasteiger partial charge in [-0.25, -0.2) is 9.59 Å². The molecule has 3 atom stereocenters. The van der Waals surface area contributed by atoms with Gasteiger partial charge >= 0.3 is 18.2 Å². The van der Waals surface area contributed by atoms with Gasteiger partial charge in [-0.05, 0) is 39.0 Å². The van der Waals surface area contributed by atoms with Gasteiger partial charge in [0.15, 0.2) is 0 Å². The highest BCUT2D eigenvalue weighted by Gasteiger charge is 2.31. The Kier molecular flexibility index (Phi) is 15.0. The zero-order valence-corrected chi connectivity index (χ0v) is 21.3. The van der Waals surface area contributed by atoms with Crippen LogP contribution in [0.15, 0.2) is 0 Å². The standard InChI is InChI=1S/C22H37N7O7/c1-12(2)18(27-14(5)30)20(33)28-16(7-6-10-25-22(23)35)19(32)29-17(21(34)36-13(3)4)9-8-15(31)11-26-24/h11-13,16-18H,6-10H2,1-5H3,(H,27,30)(H,28,33)(H,29,32)(H3,23,25,35). The summed E-state index contributed by atoms with van der Waals surface area (Å²) in [6, 6.07) is -4.04. The monoisotopic (exact) mass is 511 g/mol. The minimum absolute atomic E-state index is 0.0603. The van der Waals surface area contributed by atoms with E-state index in [1.165, 1.54) is 6.92 Å². The largest absolute Gasteiger partial charge is 0.461 e. The van der Waals surface area contributed by atoms with Crippen molar-refractivity contribution in [1.82, 2.24) is 21.3 Å². The second kappa shape index (κ2) is 16.8. The van der Waals surface area contributed by atoms with Crippen LogP contribution in [0.3, 0.4) is 0 Å². The van der Waals surface area contributed by atoms with Crippen molar-refractivity contribution < 1.29 is 38.3 Å². The molecule has 36 heavy (non-hydrogen) atoms. The third-order valence-electron chi connectivity index (χ3n) is 4.74. The minimum atomic E-state index is -1.23. The Morgan fingerprint density at radius 2 is 1.56 bits per heavy atom. The molecule has 0 aliphatic carbocycles. The predicted molar refractivity (Wildman–Crippen MR) is 128 cm³/mol. The lowest BCUT2D eigenvalue weighted by atomic mass is 10.0. The van der Waals surface area contributed by atoms with Gasteiger partial charge in [-0.2, -0.15) is 4.79 Å². The summed E-state index contributed by atoms with van der Waals surface area (Å²) in [6.07, 6.45) is 0.124. The smallest absolute Gasteiger partial charge is 0.328 e. The molecule has 0 saturated heterocycles. The molecule has 5 amide bonds. The summed E-state index contributed by atoms with van der Waals surface area (Å²) in [6.45, 7) is 8.05. The maximum Gasteiger partial charge on any atom is 0.328 e. The van der Waals surface area contributed by atoms with E-state index < -0.39 is 59.7 Å². The van der Waals surface area contributed by atoms with Crippen molar-refractivity contribution in [2.24, 2.45) is 11.7 Å². The molecule has 14 nitrogen and oxygen atoms in total. The van der Waals surface area contributed by atoms with Crippen LogP contribution < -0.4 is 27.0 Å². The van der Waals surface area contributed by atoms with E-state index in [-0.39, 0.29) is 38.1 Å². The number of rotatable bonds is 16. The number of carbonyl (C=O) groups excluding carboxylic acids is 6. The van der Waals surface area contributed by atoms with E-state index in [1.807, 2.05) is 0 Å². The van der Waals surface area contributed by atoms with Crippen LogP contribution in [0.5, 0.6) is 0 Å². The normalized spacial score (nSPS) is 13.0. The lowest BCUT2D eigenvalue weighted by molar-refractivity contribution is -0.152. The highest BCUT2D eigenvalue weighted by molar-refractivity contribution is 6.25. The second-order valence-electron chi connectivity index (χ2n) is 8.71. The Balaban J connectivity index is 5.69. The first-order valence-corrected chi connectivity index (χ1v) is 11.6. The quantitative estimate of drug-likeness (QED) is 0.0580. The number of Topliss-reactive ketones (excluding diaryl/α,β-unsaturated/α-hetero) is 1. The van der Waals surface area contributed by atoms with Crippen LogP contribution in [-0.4, -0.2) is 77.3 Å². The SMILES string of the molecule is CC(=O)NC(C(=O)NC(CCCNC(N)=O)C(=O)NC(CCC(=O)C=[N+]=[N-])C(=O)OC(C)C)C(C)C. The van der Waals surface area contributed by atoms with Gasteiger partial charge in [-0.1, -0.05) is 13.8 Å². The van der Waals surface area contributed by atoms with Crippen LogP contribution in [0.25, 0.3) is 5.53 Å². The summed E-state index contributed by atoms with van der Waals surface area (Å²) < 4.78 is 5.16. The Morgan fingerprint density at radius 3 is 2.06 bits per heavy atom. The average Bonchev–Trinajstić information content (AvgIpc) is 2.75. The van der Waals surface area contributed by atoms with E-state index in [2.05, 4.69) is 26.1 Å². The maximum absolute atomic E-state index is 13.1. The van der Waals surface area contributed by atoms with E-state index >= 15 is 0 Å². The highest BCUT2D eigenvalue weighted by atomic mass is 16.5. The fraction of sp³-hybridized carbons (Fsp3) is 0.682. The first kappa shape index (κ1) is 32.2. The molecule has 0 radical (unpaired) electrons. The second-order valence-corrected chi connectivity index (χ2v) is 8.71. The van der Waals surface area contributed by atoms with Gasteiger partial charge < -0.3 is 37.3 Å². The van der Waals surface area contributed by atoms with Crippen molar-refractivity contribution in [1.29, 1.82) is 0 Å². The number of hydrogen-bond acceptors (Lipinski definition) is 7. The first-order chi connectivity index (χ1) is 16.8. The van der Waals surface area contributed by atoms with Crippen LogP contribution >= 0.6 is 0 Å². The van der Waals surface area contributed by atoms with Crippen molar-refractivity contribution in [3.05, 3.63) is 5.53 Å². The molecule has 0 aromatic heterocycles. The maximum atomic E-state index is 13.1. The molecule has 6 N–H and O–H groups in total. The molecule has 0 spiro atoms. The Hall–Kier alpha value is -3.80. The summed E-state index contributed by atoms with van der Waals surface area (Å²) >= 11 is 0. The summed E-state index contributed by atoms with van der Waals surface area (Å²) in [5, 5.41) is 9.98. The van der Waals surface area contributed by atoms with Crippen molar-refractivity contribution in [3.63, 3.8) is 0 Å². The van der Waals surface area contributed by atoms with Crippen molar-refractivity contribution in [2.45, 2.75) is 84.5 Å². The van der Waals surface area contributed by atoms with Crippen molar-refractivity contribution >= 4 is 41.7 Å². The average molecular weight is 512 g/mol. The van der Waals surface area contributed by atoms with Crippen LogP contribution in [0, 0.1) is 5.92 Å². The number of carbonyl (C=O) groups is 6. The van der Waals surface area contributed by atoms with E-state index in [4.69, 9.17) is 16.0 Å². The van der Waals surface area contributed by atoms with Crippen molar-refractivity contribution in [2.75, 3.05) is 6.54 Å². The number of nitrogens with two attached hydrogens (primary N) is 1. The Bertz CT molecular complexity index is 854. The topological polar surface area (TPSA) is 222 Å². The molecule has 0 aliphatic heterocycles. The molecule has 0 rings (SSSR count). The van der Waals surface area contributed by atoms with Gasteiger partial charge in [0, 0.05) is 19.9 Å². The number of ether oxygens (including phenoxy) is 1. The highest BCUT2D eigenvalue weighted by Crippen LogP contribution is 2.08. The van der Waals surface area contributed by atoms with E-state index in [0.717, 1.165) is 0 Å². The lowest BCUT2D eigenvalue weighted by Crippen LogP contribution is -2.57. The molecule has 0 heterocycles. The van der Waals surface area contributed by atoms with Crippen LogP contribution in [0.1, 0.15) is 60.3 Å². The van der Waals surface area contributed by atoms with E-state index in [9.17, 15) is 28.8 Å². The number of nitrogens with one attached hydrogen (secondary N) is 4. The molecular formula is C22H37N7O7. The molecule has 0 saturated carbocycles. The summed E-state index contributed by atoms with van der Waals surface area (Å²) in [4.78, 5) is 75.3. The molecule has 3 unspecified atom stereocenters. The van der Waals surface area contributed by atoms with Gasteiger partial charge in [0.1, 0.15) is 18.1 Å². The summed E-state index contributed by atoms with van der Waals surface area (Å²) in [5.41, 5.74) is 13.5. The molecule has 14 heteroatoms. The molecule has 0 fully saturated rings.